The molecule has 1 aliphatic rings. The maximum Gasteiger partial charge on any atom is 0.0443 e. The Hall–Kier alpha value is -0.380. The molecule has 3 heteroatoms. The zero-order valence-corrected chi connectivity index (χ0v) is 10.1. The maximum atomic E-state index is 8.89. The van der Waals surface area contributed by atoms with Gasteiger partial charge >= 0.3 is 0 Å². The van der Waals surface area contributed by atoms with Crippen LogP contribution in [-0.4, -0.2) is 29.7 Å². The van der Waals surface area contributed by atoms with Crippen LogP contribution in [0.2, 0.25) is 0 Å². The molecule has 0 radical (unpaired) electrons. The zero-order chi connectivity index (χ0) is 10.7. The Morgan fingerprint density at radius 1 is 1.60 bits per heavy atom. The van der Waals surface area contributed by atoms with Gasteiger partial charge in [0.25, 0.3) is 0 Å². The van der Waals surface area contributed by atoms with Crippen molar-refractivity contribution in [1.29, 1.82) is 0 Å². The van der Waals surface area contributed by atoms with E-state index in [0.717, 1.165) is 19.5 Å². The normalized spacial score (nSPS) is 21.6. The smallest absolute Gasteiger partial charge is 0.0443 e. The first kappa shape index (κ1) is 11.1. The van der Waals surface area contributed by atoms with Gasteiger partial charge in [0, 0.05) is 30.6 Å². The fourth-order valence-corrected chi connectivity index (χ4v) is 3.40. The van der Waals surface area contributed by atoms with E-state index in [-0.39, 0.29) is 0 Å². The molecular formula is C12H19NOS. The predicted molar refractivity (Wildman–Crippen MR) is 64.3 cm³/mol. The van der Waals surface area contributed by atoms with Gasteiger partial charge in [0.2, 0.25) is 0 Å². The summed E-state index contributed by atoms with van der Waals surface area (Å²) in [4.78, 5) is 4.09. The van der Waals surface area contributed by atoms with Crippen molar-refractivity contribution in [1.82, 2.24) is 4.90 Å². The number of fused-ring (bicyclic) bond motifs is 1. The van der Waals surface area contributed by atoms with Crippen LogP contribution in [0.1, 0.15) is 36.2 Å². The summed E-state index contributed by atoms with van der Waals surface area (Å²) in [6.45, 7) is 4.75. The molecule has 0 spiro atoms. The molecule has 0 saturated carbocycles. The minimum absolute atomic E-state index is 0.309. The molecule has 1 aromatic rings. The van der Waals surface area contributed by atoms with Crippen molar-refractivity contribution in [3.8, 4) is 0 Å². The van der Waals surface area contributed by atoms with Crippen molar-refractivity contribution >= 4 is 11.3 Å². The monoisotopic (exact) mass is 225 g/mol. The van der Waals surface area contributed by atoms with Crippen molar-refractivity contribution in [2.45, 2.75) is 32.2 Å². The Bertz CT molecular complexity index is 310. The minimum Gasteiger partial charge on any atom is -0.396 e. The Morgan fingerprint density at radius 2 is 2.47 bits per heavy atom. The molecule has 2 heterocycles. The van der Waals surface area contributed by atoms with Crippen LogP contribution in [0.5, 0.6) is 0 Å². The summed E-state index contributed by atoms with van der Waals surface area (Å²) in [5.74, 6) is 0. The van der Waals surface area contributed by atoms with E-state index >= 15 is 0 Å². The lowest BCUT2D eigenvalue weighted by Gasteiger charge is -2.35. The molecule has 0 bridgehead atoms. The molecule has 1 atom stereocenters. The summed E-state index contributed by atoms with van der Waals surface area (Å²) in [6, 6.07) is 2.87. The number of aliphatic hydroxyl groups is 1. The predicted octanol–water partition coefficient (Wildman–Crippen LogP) is 2.44. The van der Waals surface area contributed by atoms with Crippen LogP contribution in [0.4, 0.5) is 0 Å². The molecule has 0 saturated heterocycles. The number of hydrogen-bond acceptors (Lipinski definition) is 3. The van der Waals surface area contributed by atoms with Gasteiger partial charge in [0.05, 0.1) is 0 Å². The summed E-state index contributed by atoms with van der Waals surface area (Å²) in [5, 5.41) is 11.1. The zero-order valence-electron chi connectivity index (χ0n) is 9.28. The fourth-order valence-electron chi connectivity index (χ4n) is 2.47. The lowest BCUT2D eigenvalue weighted by molar-refractivity contribution is 0.162. The Kier molecular flexibility index (Phi) is 3.78. The highest BCUT2D eigenvalue weighted by molar-refractivity contribution is 7.10. The largest absolute Gasteiger partial charge is 0.396 e. The van der Waals surface area contributed by atoms with Crippen LogP contribution >= 0.6 is 11.3 Å². The summed E-state index contributed by atoms with van der Waals surface area (Å²) >= 11 is 1.89. The highest BCUT2D eigenvalue weighted by atomic mass is 32.1. The van der Waals surface area contributed by atoms with Gasteiger partial charge in [-0.2, -0.15) is 0 Å². The molecule has 1 N–H and O–H groups in total. The van der Waals surface area contributed by atoms with Gasteiger partial charge < -0.3 is 5.11 Å². The van der Waals surface area contributed by atoms with E-state index in [4.69, 9.17) is 5.11 Å². The molecular weight excluding hydrogens is 206 g/mol. The van der Waals surface area contributed by atoms with Crippen molar-refractivity contribution in [2.24, 2.45) is 0 Å². The topological polar surface area (TPSA) is 23.5 Å². The van der Waals surface area contributed by atoms with E-state index in [1.165, 1.54) is 18.4 Å². The first-order valence-electron chi connectivity index (χ1n) is 5.78. The fraction of sp³-hybridized carbons (Fsp3) is 0.667. The molecule has 2 rings (SSSR count). The summed E-state index contributed by atoms with van der Waals surface area (Å²) in [6.07, 6.45) is 3.26. The molecule has 0 aliphatic carbocycles. The third-order valence-electron chi connectivity index (χ3n) is 3.20. The number of thiophene rings is 1. The molecule has 1 unspecified atom stereocenters. The lowest BCUT2D eigenvalue weighted by Crippen LogP contribution is -2.35. The second kappa shape index (κ2) is 5.10. The van der Waals surface area contributed by atoms with Crippen LogP contribution < -0.4 is 0 Å². The summed E-state index contributed by atoms with van der Waals surface area (Å²) < 4.78 is 0. The van der Waals surface area contributed by atoms with Crippen molar-refractivity contribution in [3.05, 3.63) is 21.9 Å². The second-order valence-corrected chi connectivity index (χ2v) is 5.09. The van der Waals surface area contributed by atoms with Crippen LogP contribution in [0.25, 0.3) is 0 Å². The highest BCUT2D eigenvalue weighted by Gasteiger charge is 2.25. The first-order valence-corrected chi connectivity index (χ1v) is 6.66. The number of nitrogens with zero attached hydrogens (tertiary/aromatic N) is 1. The van der Waals surface area contributed by atoms with Crippen LogP contribution in [0, 0.1) is 0 Å². The second-order valence-electron chi connectivity index (χ2n) is 4.09. The van der Waals surface area contributed by atoms with E-state index in [2.05, 4.69) is 23.3 Å². The van der Waals surface area contributed by atoms with Crippen molar-refractivity contribution < 1.29 is 5.11 Å². The molecule has 1 aromatic heterocycles. The maximum absolute atomic E-state index is 8.89. The van der Waals surface area contributed by atoms with Gasteiger partial charge in [-0.1, -0.05) is 6.92 Å². The van der Waals surface area contributed by atoms with Crippen molar-refractivity contribution in [3.63, 3.8) is 0 Å². The summed E-state index contributed by atoms with van der Waals surface area (Å²) in [5.41, 5.74) is 1.53. The Labute approximate surface area is 95.5 Å². The van der Waals surface area contributed by atoms with Gasteiger partial charge in [-0.3, -0.25) is 4.90 Å². The van der Waals surface area contributed by atoms with Gasteiger partial charge in [0.1, 0.15) is 0 Å². The molecule has 0 fully saturated rings. The molecule has 0 amide bonds. The van der Waals surface area contributed by atoms with Gasteiger partial charge in [0.15, 0.2) is 0 Å². The summed E-state index contributed by atoms with van der Waals surface area (Å²) in [7, 11) is 0. The minimum atomic E-state index is 0.309. The SMILES string of the molecule is CCC1c2ccsc2CCN1CCCO. The van der Waals surface area contributed by atoms with Crippen LogP contribution in [0.15, 0.2) is 11.4 Å². The molecule has 1 aliphatic heterocycles. The van der Waals surface area contributed by atoms with Crippen LogP contribution in [-0.2, 0) is 6.42 Å². The van der Waals surface area contributed by atoms with E-state index in [1.807, 2.05) is 11.3 Å². The van der Waals surface area contributed by atoms with Gasteiger partial charge in [-0.05, 0) is 36.3 Å². The van der Waals surface area contributed by atoms with E-state index in [0.29, 0.717) is 12.6 Å². The molecule has 0 aromatic carbocycles. The van der Waals surface area contributed by atoms with E-state index in [1.54, 1.807) is 4.88 Å². The average Bonchev–Trinajstić information content (AvgIpc) is 2.73. The standard InChI is InChI=1S/C12H19NOS/c1-2-11-10-5-9-15-12(10)4-7-13(11)6-3-8-14/h5,9,11,14H,2-4,6-8H2,1H3. The Morgan fingerprint density at radius 3 is 3.20 bits per heavy atom. The lowest BCUT2D eigenvalue weighted by atomic mass is 9.98. The van der Waals surface area contributed by atoms with Gasteiger partial charge in [-0.15, -0.1) is 11.3 Å². The number of aliphatic hydroxyl groups excluding tert-OH is 1. The average molecular weight is 225 g/mol. The number of rotatable bonds is 4. The first-order chi connectivity index (χ1) is 7.36. The number of hydrogen-bond donors (Lipinski definition) is 1. The molecule has 15 heavy (non-hydrogen) atoms. The molecule has 2 nitrogen and oxygen atoms in total. The van der Waals surface area contributed by atoms with E-state index in [9.17, 15) is 0 Å². The third kappa shape index (κ3) is 2.25. The quantitative estimate of drug-likeness (QED) is 0.851. The molecule has 84 valence electrons. The van der Waals surface area contributed by atoms with Crippen molar-refractivity contribution in [2.75, 3.05) is 19.7 Å². The third-order valence-corrected chi connectivity index (χ3v) is 4.19. The Balaban J connectivity index is 2.10. The highest BCUT2D eigenvalue weighted by Crippen LogP contribution is 2.34. The van der Waals surface area contributed by atoms with Crippen LogP contribution in [0.3, 0.4) is 0 Å². The van der Waals surface area contributed by atoms with Gasteiger partial charge in [-0.25, -0.2) is 0 Å². The van der Waals surface area contributed by atoms with E-state index < -0.39 is 0 Å².